The zero-order chi connectivity index (χ0) is 86.7. The van der Waals surface area contributed by atoms with Crippen LogP contribution < -0.4 is 5.46 Å². The fourth-order valence-electron chi connectivity index (χ4n) is 17.3. The number of benzene rings is 6. The molecule has 0 spiro atoms. The maximum absolute atomic E-state index is 6.77. The highest BCUT2D eigenvalue weighted by Gasteiger charge is 2.64. The van der Waals surface area contributed by atoms with Crippen LogP contribution in [0.15, 0.2) is 126 Å². The van der Waals surface area contributed by atoms with E-state index >= 15 is 0 Å². The van der Waals surface area contributed by atoms with Crippen molar-refractivity contribution in [3.05, 3.63) is 159 Å². The molecule has 9 rings (SSSR count). The fraction of sp³-hybridized carbons (Fsp3) is 0.676. The van der Waals surface area contributed by atoms with Gasteiger partial charge in [0.1, 0.15) is 0 Å². The Bertz CT molecular complexity index is 3640. The van der Waals surface area contributed by atoms with Crippen molar-refractivity contribution in [2.24, 2.45) is 0 Å². The van der Waals surface area contributed by atoms with Crippen LogP contribution in [-0.2, 0) is 66.5 Å². The number of rotatable bonds is 56. The summed E-state index contributed by atoms with van der Waals surface area (Å²) in [7, 11) is -1.28. The molecule has 0 saturated carbocycles. The standard InChI is InChI=1S/C52H81BO2.C46H69Br.C12H24B2O4.CH4/c1-8-11-14-16-18-20-22-24-26-28-31-47-42-50(53-54-51(4,5)52(6,7)55-53)48(32-29-27-25-23-21-19-17-15-12-9-2)41-49(47)46-39-37-45(38-40-46)44-35-33-43(34-36-44)30-13-10-3;1-4-7-10-12-14-16-18-20-22-24-27-43-38-46(47)44(28-25-23-21-19-17-15-13-11-8-5-2)37-45(43)42-35-33-41(34-36-42)40-31-29-39(30-32-40)26-9-6-3;1-9(2)10(3,4)16-13(15-9)14-17-11(5,6)12(7,8)18-14;/h33-42H,8-32H2,1-7H3;29-38H,4-28H2,1-3H3;1-8H3;1H4. The average molecular weight is 1720 g/mol. The number of hydrogen-bond donors (Lipinski definition) is 0. The van der Waals surface area contributed by atoms with Gasteiger partial charge in [0.2, 0.25) is 0 Å². The summed E-state index contributed by atoms with van der Waals surface area (Å²) in [5.74, 6) is 0. The molecule has 0 amide bonds. The molecule has 3 fully saturated rings. The summed E-state index contributed by atoms with van der Waals surface area (Å²) in [6, 6.07) is 47.4. The van der Waals surface area contributed by atoms with Crippen LogP contribution in [0.3, 0.4) is 0 Å². The number of aryl methyl sites for hydroxylation is 6. The smallest absolute Gasteiger partial charge is 0.405 e. The Kier molecular flexibility index (Phi) is 49.0. The molecule has 121 heavy (non-hydrogen) atoms. The van der Waals surface area contributed by atoms with Crippen molar-refractivity contribution < 1.29 is 27.9 Å². The molecule has 6 aromatic carbocycles. The Labute approximate surface area is 755 Å². The Morgan fingerprint density at radius 2 is 0.438 bits per heavy atom. The third kappa shape index (κ3) is 35.7. The lowest BCUT2D eigenvalue weighted by atomic mass is 9.49. The summed E-state index contributed by atoms with van der Waals surface area (Å²) < 4.78 is 38.7. The van der Waals surface area contributed by atoms with E-state index in [2.05, 4.69) is 206 Å². The maximum Gasteiger partial charge on any atom is 0.495 e. The molecule has 6 nitrogen and oxygen atoms in total. The highest BCUT2D eigenvalue weighted by atomic mass is 79.9. The third-order valence-corrected chi connectivity index (χ3v) is 28.5. The molecular weight excluding hydrogens is 1540 g/mol. The molecule has 0 bridgehead atoms. The molecule has 0 unspecified atom stereocenters. The lowest BCUT2D eigenvalue weighted by Gasteiger charge is -2.32. The van der Waals surface area contributed by atoms with Crippen molar-refractivity contribution in [3.8, 4) is 44.5 Å². The van der Waals surface area contributed by atoms with E-state index in [1.165, 1.54) is 396 Å². The zero-order valence-electron chi connectivity index (χ0n) is 80.5. The van der Waals surface area contributed by atoms with Crippen molar-refractivity contribution in [2.75, 3.05) is 0 Å². The van der Waals surface area contributed by atoms with Crippen LogP contribution >= 0.6 is 15.9 Å². The lowest BCUT2D eigenvalue weighted by molar-refractivity contribution is 0.00578. The van der Waals surface area contributed by atoms with Crippen LogP contribution in [0, 0.1) is 0 Å². The molecule has 6 aromatic rings. The molecule has 3 heterocycles. The summed E-state index contributed by atoms with van der Waals surface area (Å²) in [5.41, 5.74) is 18.6. The van der Waals surface area contributed by atoms with E-state index in [1.54, 1.807) is 0 Å². The van der Waals surface area contributed by atoms with E-state index in [0.29, 0.717) is 0 Å². The summed E-state index contributed by atoms with van der Waals surface area (Å²) in [4.78, 5) is 0. The van der Waals surface area contributed by atoms with Gasteiger partial charge in [-0.15, -0.1) is 0 Å². The van der Waals surface area contributed by atoms with Gasteiger partial charge in [0, 0.05) is 4.47 Å². The molecular formula is C111H178B3BrO6. The molecule has 0 atom stereocenters. The topological polar surface area (TPSA) is 55.4 Å². The van der Waals surface area contributed by atoms with Crippen molar-refractivity contribution >= 4 is 42.5 Å². The molecule has 0 aliphatic carbocycles. The van der Waals surface area contributed by atoms with Crippen molar-refractivity contribution in [1.82, 2.24) is 0 Å². The van der Waals surface area contributed by atoms with Gasteiger partial charge in [0.25, 0.3) is 0 Å². The Morgan fingerprint density at radius 3 is 0.719 bits per heavy atom. The Balaban J connectivity index is 0.000000311. The van der Waals surface area contributed by atoms with E-state index in [4.69, 9.17) is 27.9 Å². The SMILES string of the molecule is C.CC1(C)OB(B2OC(C)(C)C(C)(C)O2)OC1(C)C.CCCCCCCCCCCCc1cc(-c2ccc(-c3ccc(CCCC)cc3)cc2)c(CCCCCCCCCCCC)cc1B1OC(C)(C)C(C)(C)O1.CCCCCCCCCCCCc1cc(-c2ccc(-c3ccc(CCCC)cc3)cc2)c(CCCCCCCCCCCC)cc1Br. The molecule has 3 aliphatic heterocycles. The first kappa shape index (κ1) is 106. The van der Waals surface area contributed by atoms with Gasteiger partial charge < -0.3 is 27.9 Å². The molecule has 0 aromatic heterocycles. The van der Waals surface area contributed by atoms with Crippen LogP contribution in [0.2, 0.25) is 0 Å². The minimum absolute atomic E-state index is 0. The van der Waals surface area contributed by atoms with E-state index in [1.807, 2.05) is 55.4 Å². The molecule has 674 valence electrons. The predicted molar refractivity (Wildman–Crippen MR) is 536 cm³/mol. The number of unbranched alkanes of at least 4 members (excludes halogenated alkanes) is 38. The van der Waals surface area contributed by atoms with Crippen LogP contribution in [0.25, 0.3) is 44.5 Å². The van der Waals surface area contributed by atoms with Gasteiger partial charge in [-0.3, -0.25) is 0 Å². The van der Waals surface area contributed by atoms with Crippen molar-refractivity contribution in [1.29, 1.82) is 0 Å². The van der Waals surface area contributed by atoms with E-state index in [-0.39, 0.29) is 48.2 Å². The second-order valence-corrected chi connectivity index (χ2v) is 40.5. The second-order valence-electron chi connectivity index (χ2n) is 39.6. The van der Waals surface area contributed by atoms with Crippen LogP contribution in [-0.4, -0.2) is 54.7 Å². The third-order valence-electron chi connectivity index (χ3n) is 27.7. The normalized spacial score (nSPS) is 16.0. The minimum Gasteiger partial charge on any atom is -0.405 e. The monoisotopic (exact) mass is 1720 g/mol. The van der Waals surface area contributed by atoms with Gasteiger partial charge >= 0.3 is 21.1 Å². The number of halogens is 1. The molecule has 3 aliphatic rings. The highest BCUT2D eigenvalue weighted by molar-refractivity contribution is 9.10. The Hall–Kier alpha value is -4.25. The fourth-order valence-corrected chi connectivity index (χ4v) is 17.9. The van der Waals surface area contributed by atoms with Crippen LogP contribution in [0.1, 0.15) is 448 Å². The minimum atomic E-state index is -0.476. The first-order valence-electron chi connectivity index (χ1n) is 50.2. The van der Waals surface area contributed by atoms with Gasteiger partial charge in [-0.05, 0) is 256 Å². The quantitative estimate of drug-likeness (QED) is 0.0280. The predicted octanol–water partition coefficient (Wildman–Crippen LogP) is 34.5. The summed E-state index contributed by atoms with van der Waals surface area (Å²) in [5, 5.41) is 0. The van der Waals surface area contributed by atoms with Crippen molar-refractivity contribution in [3.63, 3.8) is 0 Å². The highest BCUT2D eigenvalue weighted by Crippen LogP contribution is 2.44. The second kappa shape index (κ2) is 56.2. The van der Waals surface area contributed by atoms with Gasteiger partial charge in [-0.1, -0.05) is 418 Å². The molecule has 3 saturated heterocycles. The first-order valence-corrected chi connectivity index (χ1v) is 51.0. The van der Waals surface area contributed by atoms with Gasteiger partial charge in [-0.25, -0.2) is 0 Å². The van der Waals surface area contributed by atoms with Crippen LogP contribution in [0.4, 0.5) is 0 Å². The Morgan fingerprint density at radius 1 is 0.223 bits per heavy atom. The van der Waals surface area contributed by atoms with E-state index < -0.39 is 14.0 Å². The first-order chi connectivity index (χ1) is 57.7. The average Bonchev–Trinajstić information content (AvgIpc) is 1.61. The molecule has 10 heteroatoms. The molecule has 0 radical (unpaired) electrons. The van der Waals surface area contributed by atoms with Crippen LogP contribution in [0.5, 0.6) is 0 Å². The molecule has 0 N–H and O–H groups in total. The van der Waals surface area contributed by atoms with Gasteiger partial charge in [0.15, 0.2) is 0 Å². The van der Waals surface area contributed by atoms with Gasteiger partial charge in [0.05, 0.1) is 33.6 Å². The maximum atomic E-state index is 6.77. The summed E-state index contributed by atoms with van der Waals surface area (Å²) in [6.07, 6.45) is 66.8. The van der Waals surface area contributed by atoms with Gasteiger partial charge in [-0.2, -0.15) is 0 Å². The summed E-state index contributed by atoms with van der Waals surface area (Å²) in [6.45, 7) is 38.7. The number of hydrogen-bond acceptors (Lipinski definition) is 6. The zero-order valence-corrected chi connectivity index (χ0v) is 82.0. The largest absolute Gasteiger partial charge is 0.495 e. The van der Waals surface area contributed by atoms with Crippen molar-refractivity contribution in [2.45, 2.75) is 487 Å². The van der Waals surface area contributed by atoms with E-state index in [9.17, 15) is 0 Å². The lowest BCUT2D eigenvalue weighted by Crippen LogP contribution is -2.41. The summed E-state index contributed by atoms with van der Waals surface area (Å²) >= 11 is 4.01. The van der Waals surface area contributed by atoms with E-state index in [0.717, 1.165) is 12.8 Å².